The van der Waals surface area contributed by atoms with Gasteiger partial charge in [-0.1, -0.05) is 34.7 Å². The molecule has 0 bridgehead atoms. The molecule has 0 radical (unpaired) electrons. The number of thioether (sulfide) groups is 1. The molecule has 1 heterocycles. The standard InChI is InChI=1S/C14H14ClN5O3S2/c1-7(24-14-19-18-13(25-14)16-8-2-3-8)12(21)17-11-6-9(20(22)23)4-5-10(11)15/h4-8H,2-3H2,1H3,(H,16,18)(H,17,21). The molecule has 2 N–H and O–H groups in total. The predicted molar refractivity (Wildman–Crippen MR) is 98.6 cm³/mol. The first-order chi connectivity index (χ1) is 11.9. The van der Waals surface area contributed by atoms with E-state index >= 15 is 0 Å². The van der Waals surface area contributed by atoms with E-state index in [9.17, 15) is 14.9 Å². The Hall–Kier alpha value is -1.91. The summed E-state index contributed by atoms with van der Waals surface area (Å²) in [6, 6.07) is 4.39. The molecular weight excluding hydrogens is 386 g/mol. The van der Waals surface area contributed by atoms with E-state index in [4.69, 9.17) is 11.6 Å². The highest BCUT2D eigenvalue weighted by Crippen LogP contribution is 2.33. The lowest BCUT2D eigenvalue weighted by atomic mass is 10.2. The van der Waals surface area contributed by atoms with Crippen LogP contribution in [0.5, 0.6) is 0 Å². The molecule has 1 aliphatic carbocycles. The summed E-state index contributed by atoms with van der Waals surface area (Å²) >= 11 is 8.66. The average molecular weight is 400 g/mol. The number of halogens is 1. The van der Waals surface area contributed by atoms with Crippen LogP contribution < -0.4 is 10.6 Å². The molecule has 1 amide bonds. The summed E-state index contributed by atoms with van der Waals surface area (Å²) in [7, 11) is 0. The molecule has 8 nitrogen and oxygen atoms in total. The number of benzene rings is 1. The topological polar surface area (TPSA) is 110 Å². The number of rotatable bonds is 7. The van der Waals surface area contributed by atoms with Gasteiger partial charge in [-0.25, -0.2) is 0 Å². The Balaban J connectivity index is 1.61. The van der Waals surface area contributed by atoms with Crippen LogP contribution in [0.1, 0.15) is 19.8 Å². The van der Waals surface area contributed by atoms with Crippen LogP contribution in [0.25, 0.3) is 0 Å². The molecule has 1 aromatic heterocycles. The van der Waals surface area contributed by atoms with Crippen molar-refractivity contribution in [1.29, 1.82) is 0 Å². The number of nitrogens with one attached hydrogen (secondary N) is 2. The SMILES string of the molecule is CC(Sc1nnc(NC2CC2)s1)C(=O)Nc1cc([N+](=O)[O-])ccc1Cl. The van der Waals surface area contributed by atoms with E-state index in [0.717, 1.165) is 18.0 Å². The first kappa shape index (κ1) is 17.9. The van der Waals surface area contributed by atoms with Crippen molar-refractivity contribution in [2.24, 2.45) is 0 Å². The monoisotopic (exact) mass is 399 g/mol. The number of carbonyl (C=O) groups is 1. The average Bonchev–Trinajstić information content (AvgIpc) is 3.27. The van der Waals surface area contributed by atoms with Crippen LogP contribution in [0.4, 0.5) is 16.5 Å². The number of anilines is 2. The maximum atomic E-state index is 12.3. The highest BCUT2D eigenvalue weighted by Gasteiger charge is 2.23. The number of aromatic nitrogens is 2. The lowest BCUT2D eigenvalue weighted by Gasteiger charge is -2.11. The van der Waals surface area contributed by atoms with Crippen molar-refractivity contribution >= 4 is 57.1 Å². The fourth-order valence-electron chi connectivity index (χ4n) is 1.88. The predicted octanol–water partition coefficient (Wildman–Crippen LogP) is 3.79. The molecule has 1 aromatic carbocycles. The number of hydrogen-bond acceptors (Lipinski definition) is 8. The van der Waals surface area contributed by atoms with Crippen molar-refractivity contribution in [2.45, 2.75) is 35.4 Å². The normalized spacial score (nSPS) is 14.8. The third-order valence-corrected chi connectivity index (χ3v) is 5.75. The summed E-state index contributed by atoms with van der Waals surface area (Å²) in [5, 5.41) is 25.3. The first-order valence-electron chi connectivity index (χ1n) is 7.44. The number of amides is 1. The quantitative estimate of drug-likeness (QED) is 0.414. The van der Waals surface area contributed by atoms with Gasteiger partial charge in [0.25, 0.3) is 5.69 Å². The highest BCUT2D eigenvalue weighted by molar-refractivity contribution is 8.02. The van der Waals surface area contributed by atoms with Crippen molar-refractivity contribution in [1.82, 2.24) is 10.2 Å². The zero-order chi connectivity index (χ0) is 18.0. The molecule has 2 aromatic rings. The van der Waals surface area contributed by atoms with Gasteiger partial charge in [-0.2, -0.15) is 0 Å². The van der Waals surface area contributed by atoms with E-state index in [-0.39, 0.29) is 22.3 Å². The van der Waals surface area contributed by atoms with E-state index in [1.807, 2.05) is 0 Å². The van der Waals surface area contributed by atoms with Gasteiger partial charge in [-0.3, -0.25) is 14.9 Å². The van der Waals surface area contributed by atoms with Gasteiger partial charge in [0.05, 0.1) is 20.9 Å². The Bertz CT molecular complexity index is 812. The van der Waals surface area contributed by atoms with Gasteiger partial charge in [0.2, 0.25) is 11.0 Å². The number of nitro groups is 1. The summed E-state index contributed by atoms with van der Waals surface area (Å²) in [5.41, 5.74) is 0.0709. The fraction of sp³-hybridized carbons (Fsp3) is 0.357. The van der Waals surface area contributed by atoms with Crippen molar-refractivity contribution in [3.05, 3.63) is 33.3 Å². The Morgan fingerprint density at radius 1 is 1.48 bits per heavy atom. The summed E-state index contributed by atoms with van der Waals surface area (Å²) in [4.78, 5) is 22.6. The van der Waals surface area contributed by atoms with Crippen molar-refractivity contribution in [3.63, 3.8) is 0 Å². The highest BCUT2D eigenvalue weighted by atomic mass is 35.5. The van der Waals surface area contributed by atoms with E-state index in [1.54, 1.807) is 6.92 Å². The van der Waals surface area contributed by atoms with E-state index < -0.39 is 10.2 Å². The molecule has 1 atom stereocenters. The maximum Gasteiger partial charge on any atom is 0.271 e. The molecule has 0 aliphatic heterocycles. The van der Waals surface area contributed by atoms with Crippen LogP contribution in [0, 0.1) is 10.1 Å². The van der Waals surface area contributed by atoms with Gasteiger partial charge < -0.3 is 10.6 Å². The third kappa shape index (κ3) is 4.80. The van der Waals surface area contributed by atoms with Crippen molar-refractivity contribution < 1.29 is 9.72 Å². The van der Waals surface area contributed by atoms with Gasteiger partial charge >= 0.3 is 0 Å². The Kier molecular flexibility index (Phi) is 5.40. The summed E-state index contributed by atoms with van der Waals surface area (Å²) in [6.45, 7) is 1.72. The zero-order valence-corrected chi connectivity index (χ0v) is 15.5. The number of nitrogens with zero attached hydrogens (tertiary/aromatic N) is 3. The summed E-state index contributed by atoms with van der Waals surface area (Å²) in [6.07, 6.45) is 2.29. The number of carbonyl (C=O) groups excluding carboxylic acids is 1. The molecule has 0 spiro atoms. The minimum absolute atomic E-state index is 0.139. The zero-order valence-electron chi connectivity index (χ0n) is 13.1. The van der Waals surface area contributed by atoms with Crippen LogP contribution in [0.3, 0.4) is 0 Å². The van der Waals surface area contributed by atoms with Crippen LogP contribution in [-0.2, 0) is 4.79 Å². The molecule has 1 unspecified atom stereocenters. The van der Waals surface area contributed by atoms with Crippen LogP contribution in [0.15, 0.2) is 22.5 Å². The lowest BCUT2D eigenvalue weighted by Crippen LogP contribution is -2.22. The van der Waals surface area contributed by atoms with Crippen molar-refractivity contribution in [3.8, 4) is 0 Å². The van der Waals surface area contributed by atoms with E-state index in [1.165, 1.54) is 41.3 Å². The molecule has 1 fully saturated rings. The number of hydrogen-bond donors (Lipinski definition) is 2. The maximum absolute atomic E-state index is 12.3. The summed E-state index contributed by atoms with van der Waals surface area (Å²) in [5.74, 6) is -0.320. The van der Waals surface area contributed by atoms with Gasteiger partial charge in [0.15, 0.2) is 4.34 Å². The molecule has 1 saturated carbocycles. The molecule has 25 heavy (non-hydrogen) atoms. The first-order valence-corrected chi connectivity index (χ1v) is 9.51. The van der Waals surface area contributed by atoms with Crippen LogP contribution in [-0.4, -0.2) is 32.3 Å². The largest absolute Gasteiger partial charge is 0.357 e. The Labute approximate surface area is 156 Å². The lowest BCUT2D eigenvalue weighted by molar-refractivity contribution is -0.384. The second-order valence-electron chi connectivity index (χ2n) is 5.46. The smallest absolute Gasteiger partial charge is 0.271 e. The van der Waals surface area contributed by atoms with Gasteiger partial charge in [-0.15, -0.1) is 10.2 Å². The molecule has 132 valence electrons. The molecule has 0 saturated heterocycles. The Morgan fingerprint density at radius 3 is 2.92 bits per heavy atom. The number of non-ortho nitro benzene ring substituents is 1. The van der Waals surface area contributed by atoms with E-state index in [2.05, 4.69) is 20.8 Å². The molecule has 11 heteroatoms. The second kappa shape index (κ2) is 7.54. The molecular formula is C14H14ClN5O3S2. The summed E-state index contributed by atoms with van der Waals surface area (Å²) < 4.78 is 0.677. The van der Waals surface area contributed by atoms with Gasteiger partial charge in [0, 0.05) is 18.2 Å². The van der Waals surface area contributed by atoms with Crippen LogP contribution >= 0.6 is 34.7 Å². The second-order valence-corrected chi connectivity index (χ2v) is 8.43. The third-order valence-electron chi connectivity index (χ3n) is 3.38. The molecule has 1 aliphatic rings. The molecule has 3 rings (SSSR count). The van der Waals surface area contributed by atoms with Gasteiger partial charge in [0.1, 0.15) is 0 Å². The van der Waals surface area contributed by atoms with Gasteiger partial charge in [-0.05, 0) is 25.8 Å². The van der Waals surface area contributed by atoms with E-state index in [0.29, 0.717) is 10.4 Å². The number of nitro benzene ring substituents is 1. The fourth-order valence-corrected chi connectivity index (χ4v) is 4.02. The Morgan fingerprint density at radius 2 is 2.24 bits per heavy atom. The van der Waals surface area contributed by atoms with Crippen LogP contribution in [0.2, 0.25) is 5.02 Å². The van der Waals surface area contributed by atoms with Crippen molar-refractivity contribution in [2.75, 3.05) is 10.6 Å². The minimum Gasteiger partial charge on any atom is -0.357 e. The minimum atomic E-state index is -0.542.